The molecule has 0 aliphatic heterocycles. The van der Waals surface area contributed by atoms with Gasteiger partial charge in [-0.15, -0.1) is 0 Å². The Hall–Kier alpha value is -1.62. The summed E-state index contributed by atoms with van der Waals surface area (Å²) < 4.78 is 5.41. The molecule has 1 aromatic heterocycles. The van der Waals surface area contributed by atoms with E-state index in [1.807, 2.05) is 0 Å². The van der Waals surface area contributed by atoms with Gasteiger partial charge in [0.2, 0.25) is 0 Å². The Morgan fingerprint density at radius 1 is 1.53 bits per heavy atom. The number of amides is 1. The minimum absolute atomic E-state index is 0.215. The number of aromatic nitrogens is 1. The topological polar surface area (TPSA) is 77.2 Å². The standard InChI is InChI=1S/C12H17N3O2/c13-11-3-1-2-10(15-11)12(16)14-6-7-17-8-9-4-5-9/h1-3,9H,4-8H2,(H2,13,15)(H,14,16). The highest BCUT2D eigenvalue weighted by Gasteiger charge is 2.20. The lowest BCUT2D eigenvalue weighted by Crippen LogP contribution is -2.28. The molecule has 1 heterocycles. The summed E-state index contributed by atoms with van der Waals surface area (Å²) in [6, 6.07) is 4.99. The first-order chi connectivity index (χ1) is 8.25. The first-order valence-electron chi connectivity index (χ1n) is 5.84. The molecule has 3 N–H and O–H groups in total. The zero-order chi connectivity index (χ0) is 12.1. The van der Waals surface area contributed by atoms with E-state index in [1.54, 1.807) is 18.2 Å². The lowest BCUT2D eigenvalue weighted by Gasteiger charge is -2.05. The zero-order valence-electron chi connectivity index (χ0n) is 9.69. The van der Waals surface area contributed by atoms with Gasteiger partial charge in [0.15, 0.2) is 0 Å². The highest BCUT2D eigenvalue weighted by Crippen LogP contribution is 2.28. The molecule has 1 amide bonds. The number of ether oxygens (including phenoxy) is 1. The molecule has 1 aliphatic rings. The minimum Gasteiger partial charge on any atom is -0.384 e. The van der Waals surface area contributed by atoms with Gasteiger partial charge < -0.3 is 15.8 Å². The quantitative estimate of drug-likeness (QED) is 0.716. The lowest BCUT2D eigenvalue weighted by atomic mass is 10.3. The van der Waals surface area contributed by atoms with E-state index in [2.05, 4.69) is 10.3 Å². The predicted molar refractivity (Wildman–Crippen MR) is 64.5 cm³/mol. The molecule has 5 nitrogen and oxygen atoms in total. The highest BCUT2D eigenvalue weighted by molar-refractivity contribution is 5.92. The van der Waals surface area contributed by atoms with Crippen molar-refractivity contribution in [1.82, 2.24) is 10.3 Å². The van der Waals surface area contributed by atoms with E-state index in [-0.39, 0.29) is 5.91 Å². The third kappa shape index (κ3) is 4.03. The zero-order valence-corrected chi connectivity index (χ0v) is 9.69. The van der Waals surface area contributed by atoms with Crippen LogP contribution >= 0.6 is 0 Å². The monoisotopic (exact) mass is 235 g/mol. The molecule has 0 saturated heterocycles. The Morgan fingerprint density at radius 2 is 2.35 bits per heavy atom. The number of hydrogen-bond donors (Lipinski definition) is 2. The van der Waals surface area contributed by atoms with Crippen molar-refractivity contribution in [2.45, 2.75) is 12.8 Å². The Kier molecular flexibility index (Phi) is 3.93. The van der Waals surface area contributed by atoms with Crippen molar-refractivity contribution < 1.29 is 9.53 Å². The van der Waals surface area contributed by atoms with Crippen LogP contribution in [-0.2, 0) is 4.74 Å². The second kappa shape index (κ2) is 5.63. The molecule has 0 aromatic carbocycles. The summed E-state index contributed by atoms with van der Waals surface area (Å²) in [5.41, 5.74) is 5.84. The Bertz CT molecular complexity index is 391. The number of anilines is 1. The number of hydrogen-bond acceptors (Lipinski definition) is 4. The number of carbonyl (C=O) groups is 1. The number of nitrogens with one attached hydrogen (secondary N) is 1. The number of rotatable bonds is 6. The summed E-state index contributed by atoms with van der Waals surface area (Å²) in [5.74, 6) is 0.885. The van der Waals surface area contributed by atoms with Gasteiger partial charge in [0, 0.05) is 13.2 Å². The molecule has 0 atom stereocenters. The van der Waals surface area contributed by atoms with Crippen molar-refractivity contribution in [1.29, 1.82) is 0 Å². The molecule has 1 aliphatic carbocycles. The average molecular weight is 235 g/mol. The first kappa shape index (κ1) is 11.9. The molecule has 1 saturated carbocycles. The van der Waals surface area contributed by atoms with Gasteiger partial charge in [-0.25, -0.2) is 4.98 Å². The molecule has 0 bridgehead atoms. The summed E-state index contributed by atoms with van der Waals surface area (Å²) in [4.78, 5) is 15.6. The fourth-order valence-corrected chi connectivity index (χ4v) is 1.44. The van der Waals surface area contributed by atoms with Crippen LogP contribution in [-0.4, -0.2) is 30.6 Å². The molecule has 2 rings (SSSR count). The van der Waals surface area contributed by atoms with Crippen molar-refractivity contribution >= 4 is 11.7 Å². The van der Waals surface area contributed by atoms with Crippen LogP contribution in [0, 0.1) is 5.92 Å². The van der Waals surface area contributed by atoms with Gasteiger partial charge in [0.25, 0.3) is 5.91 Å². The summed E-state index contributed by atoms with van der Waals surface area (Å²) in [7, 11) is 0. The third-order valence-electron chi connectivity index (χ3n) is 2.59. The third-order valence-corrected chi connectivity index (χ3v) is 2.59. The van der Waals surface area contributed by atoms with Crippen LogP contribution in [0.25, 0.3) is 0 Å². The van der Waals surface area contributed by atoms with Crippen molar-refractivity contribution in [2.75, 3.05) is 25.5 Å². The minimum atomic E-state index is -0.215. The van der Waals surface area contributed by atoms with Crippen LogP contribution in [0.2, 0.25) is 0 Å². The van der Waals surface area contributed by atoms with E-state index >= 15 is 0 Å². The second-order valence-corrected chi connectivity index (χ2v) is 4.22. The number of nitrogens with zero attached hydrogens (tertiary/aromatic N) is 1. The molecule has 92 valence electrons. The van der Waals surface area contributed by atoms with Crippen molar-refractivity contribution in [3.8, 4) is 0 Å². The van der Waals surface area contributed by atoms with Crippen LogP contribution < -0.4 is 11.1 Å². The summed E-state index contributed by atoms with van der Waals surface area (Å²) >= 11 is 0. The molecule has 5 heteroatoms. The number of nitrogens with two attached hydrogens (primary N) is 1. The Labute approximate surface area is 100 Å². The first-order valence-corrected chi connectivity index (χ1v) is 5.84. The van der Waals surface area contributed by atoms with Crippen molar-refractivity contribution in [3.05, 3.63) is 23.9 Å². The molecule has 0 spiro atoms. The van der Waals surface area contributed by atoms with Gasteiger partial charge in [-0.1, -0.05) is 6.07 Å². The molecule has 1 aromatic rings. The van der Waals surface area contributed by atoms with Gasteiger partial charge in [0.1, 0.15) is 11.5 Å². The van der Waals surface area contributed by atoms with E-state index in [9.17, 15) is 4.79 Å². The van der Waals surface area contributed by atoms with Gasteiger partial charge in [0.05, 0.1) is 6.61 Å². The van der Waals surface area contributed by atoms with Crippen LogP contribution in [0.4, 0.5) is 5.82 Å². The molecular weight excluding hydrogens is 218 g/mol. The number of pyridine rings is 1. The van der Waals surface area contributed by atoms with E-state index in [1.165, 1.54) is 12.8 Å². The average Bonchev–Trinajstić information content (AvgIpc) is 3.12. The smallest absolute Gasteiger partial charge is 0.270 e. The second-order valence-electron chi connectivity index (χ2n) is 4.22. The maximum absolute atomic E-state index is 11.6. The normalized spacial score (nSPS) is 14.6. The van der Waals surface area contributed by atoms with Crippen molar-refractivity contribution in [2.24, 2.45) is 5.92 Å². The molecule has 0 unspecified atom stereocenters. The largest absolute Gasteiger partial charge is 0.384 e. The fourth-order valence-electron chi connectivity index (χ4n) is 1.44. The maximum Gasteiger partial charge on any atom is 0.270 e. The highest BCUT2D eigenvalue weighted by atomic mass is 16.5. The van der Waals surface area contributed by atoms with Crippen LogP contribution in [0.3, 0.4) is 0 Å². The van der Waals surface area contributed by atoms with E-state index in [0.717, 1.165) is 12.5 Å². The Morgan fingerprint density at radius 3 is 3.06 bits per heavy atom. The van der Waals surface area contributed by atoms with Crippen molar-refractivity contribution in [3.63, 3.8) is 0 Å². The van der Waals surface area contributed by atoms with Gasteiger partial charge in [-0.05, 0) is 30.9 Å². The van der Waals surface area contributed by atoms with Gasteiger partial charge in [-0.3, -0.25) is 4.79 Å². The summed E-state index contributed by atoms with van der Waals surface area (Å²) in [6.45, 7) is 1.86. The van der Waals surface area contributed by atoms with Gasteiger partial charge in [-0.2, -0.15) is 0 Å². The van der Waals surface area contributed by atoms with E-state index in [0.29, 0.717) is 24.7 Å². The molecule has 1 fully saturated rings. The number of carbonyl (C=O) groups excluding carboxylic acids is 1. The van der Waals surface area contributed by atoms with Crippen LogP contribution in [0.15, 0.2) is 18.2 Å². The van der Waals surface area contributed by atoms with Crippen LogP contribution in [0.5, 0.6) is 0 Å². The SMILES string of the molecule is Nc1cccc(C(=O)NCCOCC2CC2)n1. The lowest BCUT2D eigenvalue weighted by molar-refractivity contribution is 0.0902. The predicted octanol–water partition coefficient (Wildman–Crippen LogP) is 0.820. The summed E-state index contributed by atoms with van der Waals surface area (Å²) in [6.07, 6.45) is 2.55. The van der Waals surface area contributed by atoms with Gasteiger partial charge >= 0.3 is 0 Å². The molecule has 0 radical (unpaired) electrons. The van der Waals surface area contributed by atoms with E-state index in [4.69, 9.17) is 10.5 Å². The summed E-state index contributed by atoms with van der Waals surface area (Å²) in [5, 5.41) is 2.74. The van der Waals surface area contributed by atoms with Crippen LogP contribution in [0.1, 0.15) is 23.3 Å². The van der Waals surface area contributed by atoms with E-state index < -0.39 is 0 Å². The molecule has 17 heavy (non-hydrogen) atoms. The fraction of sp³-hybridized carbons (Fsp3) is 0.500. The molecular formula is C12H17N3O2. The maximum atomic E-state index is 11.6. The number of nitrogen functional groups attached to an aromatic ring is 1. The Balaban J connectivity index is 1.65.